The van der Waals surface area contributed by atoms with E-state index in [4.69, 9.17) is 9.47 Å². The van der Waals surface area contributed by atoms with Crippen molar-refractivity contribution in [3.05, 3.63) is 23.3 Å². The smallest absolute Gasteiger partial charge is 0.161 e. The number of ether oxygens (including phenoxy) is 2. The lowest BCUT2D eigenvalue weighted by Gasteiger charge is -2.33. The van der Waals surface area contributed by atoms with Crippen molar-refractivity contribution >= 4 is 0 Å². The first-order valence-electron chi connectivity index (χ1n) is 7.03. The second kappa shape index (κ2) is 5.39. The van der Waals surface area contributed by atoms with Gasteiger partial charge in [0, 0.05) is 32.2 Å². The molecule has 19 heavy (non-hydrogen) atoms. The monoisotopic (exact) mass is 262 g/mol. The van der Waals surface area contributed by atoms with E-state index < -0.39 is 0 Å². The van der Waals surface area contributed by atoms with Crippen molar-refractivity contribution in [2.75, 3.05) is 40.4 Å². The molecule has 1 aliphatic heterocycles. The number of hydrogen-bond donors (Lipinski definition) is 1. The van der Waals surface area contributed by atoms with Crippen molar-refractivity contribution in [2.45, 2.75) is 18.9 Å². The van der Waals surface area contributed by atoms with Gasteiger partial charge in [0.2, 0.25) is 0 Å². The highest BCUT2D eigenvalue weighted by atomic mass is 16.5. The lowest BCUT2D eigenvalue weighted by atomic mass is 10.1. The van der Waals surface area contributed by atoms with Crippen LogP contribution in [0.2, 0.25) is 0 Å². The lowest BCUT2D eigenvalue weighted by Crippen LogP contribution is -2.44. The van der Waals surface area contributed by atoms with Crippen molar-refractivity contribution in [2.24, 2.45) is 0 Å². The standard InChI is InChI=1S/C15H22N2O2/c1-18-14-9-11-3-4-13(12(11)10-15(14)19-2)17-7-5-16-6-8-17/h9-10,13,16H,3-8H2,1-2H3. The summed E-state index contributed by atoms with van der Waals surface area (Å²) >= 11 is 0. The number of methoxy groups -OCH3 is 2. The Bertz CT molecular complexity index is 456. The highest BCUT2D eigenvalue weighted by Crippen LogP contribution is 2.41. The van der Waals surface area contributed by atoms with Gasteiger partial charge in [-0.2, -0.15) is 0 Å². The molecule has 2 aliphatic rings. The van der Waals surface area contributed by atoms with E-state index in [9.17, 15) is 0 Å². The van der Waals surface area contributed by atoms with Crippen LogP contribution in [0, 0.1) is 0 Å². The molecule has 1 unspecified atom stereocenters. The maximum Gasteiger partial charge on any atom is 0.161 e. The Kier molecular flexibility index (Phi) is 3.62. The molecule has 1 aromatic carbocycles. The van der Waals surface area contributed by atoms with Crippen molar-refractivity contribution in [3.63, 3.8) is 0 Å². The predicted molar refractivity (Wildman–Crippen MR) is 75.1 cm³/mol. The van der Waals surface area contributed by atoms with Gasteiger partial charge < -0.3 is 14.8 Å². The van der Waals surface area contributed by atoms with E-state index in [1.807, 2.05) is 0 Å². The molecule has 0 saturated carbocycles. The molecule has 0 spiro atoms. The first kappa shape index (κ1) is 12.8. The van der Waals surface area contributed by atoms with Crippen LogP contribution in [0.4, 0.5) is 0 Å². The Hall–Kier alpha value is -1.26. The molecule has 104 valence electrons. The molecule has 0 amide bonds. The van der Waals surface area contributed by atoms with Gasteiger partial charge in [0.1, 0.15) is 0 Å². The largest absolute Gasteiger partial charge is 0.493 e. The van der Waals surface area contributed by atoms with Crippen molar-refractivity contribution in [1.82, 2.24) is 10.2 Å². The Morgan fingerprint density at radius 1 is 1.11 bits per heavy atom. The SMILES string of the molecule is COc1cc2c(cc1OC)C(N1CCNCC1)CC2. The maximum absolute atomic E-state index is 5.44. The molecule has 1 aliphatic carbocycles. The number of nitrogens with zero attached hydrogens (tertiary/aromatic N) is 1. The van der Waals surface area contributed by atoms with E-state index >= 15 is 0 Å². The molecule has 0 aromatic heterocycles. The molecule has 1 saturated heterocycles. The molecule has 1 N–H and O–H groups in total. The number of aryl methyl sites for hydroxylation is 1. The Morgan fingerprint density at radius 2 is 1.79 bits per heavy atom. The third kappa shape index (κ3) is 2.30. The quantitative estimate of drug-likeness (QED) is 0.897. The molecule has 3 rings (SSSR count). The molecule has 1 aromatic rings. The fourth-order valence-corrected chi connectivity index (χ4v) is 3.28. The van der Waals surface area contributed by atoms with E-state index in [0.717, 1.165) is 44.1 Å². The van der Waals surface area contributed by atoms with Gasteiger partial charge in [-0.3, -0.25) is 4.90 Å². The zero-order valence-electron chi connectivity index (χ0n) is 11.7. The van der Waals surface area contributed by atoms with E-state index in [-0.39, 0.29) is 0 Å². The molecule has 1 atom stereocenters. The van der Waals surface area contributed by atoms with Gasteiger partial charge in [-0.05, 0) is 36.1 Å². The Morgan fingerprint density at radius 3 is 2.47 bits per heavy atom. The van der Waals surface area contributed by atoms with Crippen LogP contribution >= 0.6 is 0 Å². The van der Waals surface area contributed by atoms with Gasteiger partial charge >= 0.3 is 0 Å². The van der Waals surface area contributed by atoms with Gasteiger partial charge in [-0.1, -0.05) is 0 Å². The van der Waals surface area contributed by atoms with Crippen molar-refractivity contribution in [1.29, 1.82) is 0 Å². The third-order valence-electron chi connectivity index (χ3n) is 4.28. The number of benzene rings is 1. The Labute approximate surface area is 114 Å². The van der Waals surface area contributed by atoms with Gasteiger partial charge in [-0.25, -0.2) is 0 Å². The summed E-state index contributed by atoms with van der Waals surface area (Å²) in [5.74, 6) is 1.70. The molecule has 1 heterocycles. The van der Waals surface area contributed by atoms with Crippen molar-refractivity contribution in [3.8, 4) is 11.5 Å². The minimum Gasteiger partial charge on any atom is -0.493 e. The van der Waals surface area contributed by atoms with Crippen molar-refractivity contribution < 1.29 is 9.47 Å². The first-order chi connectivity index (χ1) is 9.33. The predicted octanol–water partition coefficient (Wildman–Crippen LogP) is 1.60. The van der Waals surface area contributed by atoms with Crippen LogP contribution in [0.5, 0.6) is 11.5 Å². The third-order valence-corrected chi connectivity index (χ3v) is 4.28. The second-order valence-corrected chi connectivity index (χ2v) is 5.25. The first-order valence-corrected chi connectivity index (χ1v) is 7.03. The fourth-order valence-electron chi connectivity index (χ4n) is 3.28. The average molecular weight is 262 g/mol. The number of rotatable bonds is 3. The van der Waals surface area contributed by atoms with Gasteiger partial charge in [0.15, 0.2) is 11.5 Å². The van der Waals surface area contributed by atoms with Crippen LogP contribution in [-0.2, 0) is 6.42 Å². The van der Waals surface area contributed by atoms with E-state index in [0.29, 0.717) is 6.04 Å². The Balaban J connectivity index is 1.90. The lowest BCUT2D eigenvalue weighted by molar-refractivity contribution is 0.173. The summed E-state index contributed by atoms with van der Waals surface area (Å²) in [5.41, 5.74) is 2.85. The highest BCUT2D eigenvalue weighted by Gasteiger charge is 2.30. The minimum atomic E-state index is 0.553. The molecular formula is C15H22N2O2. The maximum atomic E-state index is 5.44. The molecule has 0 radical (unpaired) electrons. The molecular weight excluding hydrogens is 240 g/mol. The number of piperazine rings is 1. The number of hydrogen-bond acceptors (Lipinski definition) is 4. The van der Waals surface area contributed by atoms with Crippen LogP contribution in [0.15, 0.2) is 12.1 Å². The average Bonchev–Trinajstić information content (AvgIpc) is 2.89. The van der Waals surface area contributed by atoms with E-state index in [2.05, 4.69) is 22.3 Å². The van der Waals surface area contributed by atoms with Crippen LogP contribution < -0.4 is 14.8 Å². The molecule has 4 nitrogen and oxygen atoms in total. The summed E-state index contributed by atoms with van der Waals surface area (Å²) in [6.45, 7) is 4.47. The van der Waals surface area contributed by atoms with Crippen LogP contribution in [0.3, 0.4) is 0 Å². The van der Waals surface area contributed by atoms with E-state index in [1.54, 1.807) is 14.2 Å². The normalized spacial score (nSPS) is 23.2. The zero-order chi connectivity index (χ0) is 13.2. The number of fused-ring (bicyclic) bond motifs is 1. The number of nitrogens with one attached hydrogen (secondary N) is 1. The van der Waals surface area contributed by atoms with Crippen LogP contribution in [-0.4, -0.2) is 45.3 Å². The van der Waals surface area contributed by atoms with E-state index in [1.165, 1.54) is 17.5 Å². The zero-order valence-corrected chi connectivity index (χ0v) is 11.7. The van der Waals surface area contributed by atoms with Gasteiger partial charge in [-0.15, -0.1) is 0 Å². The summed E-state index contributed by atoms with van der Waals surface area (Å²) in [5, 5.41) is 3.42. The molecule has 1 fully saturated rings. The fraction of sp³-hybridized carbons (Fsp3) is 0.600. The van der Waals surface area contributed by atoms with Gasteiger partial charge in [0.05, 0.1) is 14.2 Å². The van der Waals surface area contributed by atoms with Crippen LogP contribution in [0.1, 0.15) is 23.6 Å². The summed E-state index contributed by atoms with van der Waals surface area (Å²) in [4.78, 5) is 2.59. The summed E-state index contributed by atoms with van der Waals surface area (Å²) in [6.07, 6.45) is 2.36. The summed E-state index contributed by atoms with van der Waals surface area (Å²) in [7, 11) is 3.41. The van der Waals surface area contributed by atoms with Gasteiger partial charge in [0.25, 0.3) is 0 Å². The summed E-state index contributed by atoms with van der Waals surface area (Å²) < 4.78 is 10.8. The molecule has 0 bridgehead atoms. The summed E-state index contributed by atoms with van der Waals surface area (Å²) in [6, 6.07) is 4.88. The minimum absolute atomic E-state index is 0.553. The highest BCUT2D eigenvalue weighted by molar-refractivity contribution is 5.50. The topological polar surface area (TPSA) is 33.7 Å². The second-order valence-electron chi connectivity index (χ2n) is 5.25. The molecule has 4 heteroatoms. The van der Waals surface area contributed by atoms with Crippen LogP contribution in [0.25, 0.3) is 0 Å².